The summed E-state index contributed by atoms with van der Waals surface area (Å²) in [5.41, 5.74) is 1.93. The van der Waals surface area contributed by atoms with Crippen LogP contribution in [0.2, 0.25) is 0 Å². The molecule has 1 aromatic carbocycles. The molecule has 0 saturated carbocycles. The van der Waals surface area contributed by atoms with Gasteiger partial charge in [0.15, 0.2) is 10.8 Å². The van der Waals surface area contributed by atoms with Crippen LogP contribution in [-0.4, -0.2) is 29.8 Å². The van der Waals surface area contributed by atoms with Gasteiger partial charge in [-0.25, -0.2) is 0 Å². The molecule has 0 bridgehead atoms. The summed E-state index contributed by atoms with van der Waals surface area (Å²) in [5.74, 6) is 0.822. The first-order valence-corrected chi connectivity index (χ1v) is 7.23. The van der Waals surface area contributed by atoms with Crippen molar-refractivity contribution in [2.75, 3.05) is 0 Å². The number of hydrogen-bond acceptors (Lipinski definition) is 6. The van der Waals surface area contributed by atoms with Gasteiger partial charge in [-0.1, -0.05) is 41.7 Å². The molecule has 4 rings (SSSR count). The number of benzene rings is 1. The number of aromatic nitrogens is 6. The lowest BCUT2D eigenvalue weighted by molar-refractivity contribution is 0.853. The zero-order valence-corrected chi connectivity index (χ0v) is 11.7. The maximum Gasteiger partial charge on any atom is 0.235 e. The highest BCUT2D eigenvalue weighted by Gasteiger charge is 2.13. The summed E-state index contributed by atoms with van der Waals surface area (Å²) < 4.78 is 1.78. The van der Waals surface area contributed by atoms with Crippen LogP contribution in [0.15, 0.2) is 48.9 Å². The highest BCUT2D eigenvalue weighted by Crippen LogP contribution is 2.23. The van der Waals surface area contributed by atoms with Gasteiger partial charge in [0, 0.05) is 18.8 Å². The van der Waals surface area contributed by atoms with Crippen LogP contribution < -0.4 is 0 Å². The third-order valence-electron chi connectivity index (χ3n) is 3.04. The van der Waals surface area contributed by atoms with Gasteiger partial charge in [0.1, 0.15) is 5.69 Å². The molecule has 7 heteroatoms. The Labute approximate surface area is 124 Å². The zero-order chi connectivity index (χ0) is 14.1. The Kier molecular flexibility index (Phi) is 2.89. The summed E-state index contributed by atoms with van der Waals surface area (Å²) >= 11 is 1.46. The second kappa shape index (κ2) is 5.02. The molecule has 0 saturated heterocycles. The molecule has 0 aliphatic heterocycles. The Morgan fingerprint density at radius 3 is 2.76 bits per heavy atom. The summed E-state index contributed by atoms with van der Waals surface area (Å²) in [7, 11) is 0. The first kappa shape index (κ1) is 12.1. The van der Waals surface area contributed by atoms with E-state index < -0.39 is 0 Å². The SMILES string of the molecule is c1ccc(Cc2nnc3sc(-c4cnccn4)nn23)cc1. The minimum Gasteiger partial charge on any atom is -0.261 e. The van der Waals surface area contributed by atoms with E-state index in [-0.39, 0.29) is 0 Å². The van der Waals surface area contributed by atoms with Crippen molar-refractivity contribution in [1.82, 2.24) is 29.8 Å². The molecule has 0 unspecified atom stereocenters. The molecule has 0 radical (unpaired) electrons. The molecule has 6 nitrogen and oxygen atoms in total. The quantitative estimate of drug-likeness (QED) is 0.579. The second-order valence-corrected chi connectivity index (χ2v) is 5.43. The monoisotopic (exact) mass is 294 g/mol. The van der Waals surface area contributed by atoms with Crippen LogP contribution in [0.4, 0.5) is 0 Å². The lowest BCUT2D eigenvalue weighted by Gasteiger charge is -1.97. The zero-order valence-electron chi connectivity index (χ0n) is 10.9. The van der Waals surface area contributed by atoms with Gasteiger partial charge in [0.05, 0.1) is 6.20 Å². The largest absolute Gasteiger partial charge is 0.261 e. The third kappa shape index (κ3) is 2.27. The average molecular weight is 294 g/mol. The first-order valence-electron chi connectivity index (χ1n) is 6.41. The molecular formula is C14H10N6S. The molecule has 0 atom stereocenters. The minimum atomic E-state index is 0.700. The van der Waals surface area contributed by atoms with E-state index in [1.807, 2.05) is 18.2 Å². The molecule has 0 aliphatic carbocycles. The van der Waals surface area contributed by atoms with Gasteiger partial charge in [0.25, 0.3) is 0 Å². The number of hydrogen-bond donors (Lipinski definition) is 0. The maximum atomic E-state index is 4.55. The van der Waals surface area contributed by atoms with Crippen molar-refractivity contribution < 1.29 is 0 Å². The minimum absolute atomic E-state index is 0.700. The Hall–Kier alpha value is -2.67. The van der Waals surface area contributed by atoms with Gasteiger partial charge in [-0.3, -0.25) is 9.97 Å². The van der Waals surface area contributed by atoms with Gasteiger partial charge < -0.3 is 0 Å². The summed E-state index contributed by atoms with van der Waals surface area (Å²) in [6.07, 6.45) is 5.70. The topological polar surface area (TPSA) is 68.9 Å². The Balaban J connectivity index is 1.73. The van der Waals surface area contributed by atoms with Crippen molar-refractivity contribution in [1.29, 1.82) is 0 Å². The van der Waals surface area contributed by atoms with Crippen molar-refractivity contribution >= 4 is 16.3 Å². The van der Waals surface area contributed by atoms with Crippen LogP contribution in [0.5, 0.6) is 0 Å². The van der Waals surface area contributed by atoms with Crippen LogP contribution in [0.3, 0.4) is 0 Å². The first-order chi connectivity index (χ1) is 10.4. The smallest absolute Gasteiger partial charge is 0.235 e. The van der Waals surface area contributed by atoms with Gasteiger partial charge >= 0.3 is 0 Å². The maximum absolute atomic E-state index is 4.55. The van der Waals surface area contributed by atoms with Gasteiger partial charge in [-0.2, -0.15) is 9.61 Å². The average Bonchev–Trinajstić information content (AvgIpc) is 3.11. The normalized spacial score (nSPS) is 11.0. The molecule has 0 amide bonds. The van der Waals surface area contributed by atoms with E-state index in [1.54, 1.807) is 23.1 Å². The highest BCUT2D eigenvalue weighted by atomic mass is 32.1. The van der Waals surface area contributed by atoms with E-state index in [9.17, 15) is 0 Å². The Bertz CT molecular complexity index is 868. The molecule has 102 valence electrons. The third-order valence-corrected chi connectivity index (χ3v) is 3.96. The fraction of sp³-hybridized carbons (Fsp3) is 0.0714. The van der Waals surface area contributed by atoms with E-state index >= 15 is 0 Å². The molecular weight excluding hydrogens is 284 g/mol. The molecule has 0 spiro atoms. The number of rotatable bonds is 3. The molecule has 0 aliphatic rings. The van der Waals surface area contributed by atoms with E-state index in [1.165, 1.54) is 16.9 Å². The van der Waals surface area contributed by atoms with E-state index in [2.05, 4.69) is 37.4 Å². The Morgan fingerprint density at radius 2 is 1.95 bits per heavy atom. The van der Waals surface area contributed by atoms with E-state index in [4.69, 9.17) is 0 Å². The van der Waals surface area contributed by atoms with Crippen LogP contribution in [-0.2, 0) is 6.42 Å². The number of fused-ring (bicyclic) bond motifs is 1. The van der Waals surface area contributed by atoms with E-state index in [0.717, 1.165) is 21.5 Å². The van der Waals surface area contributed by atoms with Gasteiger partial charge in [0.2, 0.25) is 4.96 Å². The molecule has 3 heterocycles. The predicted octanol–water partition coefficient (Wildman–Crippen LogP) is 2.23. The van der Waals surface area contributed by atoms with Gasteiger partial charge in [-0.15, -0.1) is 10.2 Å². The molecule has 21 heavy (non-hydrogen) atoms. The van der Waals surface area contributed by atoms with Crippen molar-refractivity contribution in [2.45, 2.75) is 6.42 Å². The molecule has 3 aromatic heterocycles. The molecule has 0 N–H and O–H groups in total. The molecule has 4 aromatic rings. The summed E-state index contributed by atoms with van der Waals surface area (Å²) in [4.78, 5) is 9.09. The van der Waals surface area contributed by atoms with E-state index in [0.29, 0.717) is 6.42 Å². The van der Waals surface area contributed by atoms with Crippen molar-refractivity contribution in [3.05, 3.63) is 60.3 Å². The summed E-state index contributed by atoms with van der Waals surface area (Å²) in [6.45, 7) is 0. The molecule has 0 fully saturated rings. The summed E-state index contributed by atoms with van der Waals surface area (Å²) in [5, 5.41) is 13.7. The number of nitrogens with zero attached hydrogens (tertiary/aromatic N) is 6. The fourth-order valence-corrected chi connectivity index (χ4v) is 2.88. The van der Waals surface area contributed by atoms with Crippen molar-refractivity contribution in [2.24, 2.45) is 0 Å². The van der Waals surface area contributed by atoms with Gasteiger partial charge in [-0.05, 0) is 5.56 Å². The lowest BCUT2D eigenvalue weighted by Crippen LogP contribution is -1.97. The van der Waals surface area contributed by atoms with Crippen LogP contribution >= 0.6 is 11.3 Å². The van der Waals surface area contributed by atoms with Crippen molar-refractivity contribution in [3.8, 4) is 10.7 Å². The standard InChI is InChI=1S/C14H10N6S/c1-2-4-10(5-3-1)8-12-17-18-14-20(12)19-13(21-14)11-9-15-6-7-16-11/h1-7,9H,8H2. The highest BCUT2D eigenvalue weighted by molar-refractivity contribution is 7.19. The van der Waals surface area contributed by atoms with Crippen LogP contribution in [0, 0.1) is 0 Å². The fourth-order valence-electron chi connectivity index (χ4n) is 2.06. The Morgan fingerprint density at radius 1 is 1.05 bits per heavy atom. The predicted molar refractivity (Wildman–Crippen MR) is 78.9 cm³/mol. The van der Waals surface area contributed by atoms with Crippen molar-refractivity contribution in [3.63, 3.8) is 0 Å². The summed E-state index contributed by atoms with van der Waals surface area (Å²) in [6, 6.07) is 10.2. The van der Waals surface area contributed by atoms with Crippen LogP contribution in [0.1, 0.15) is 11.4 Å². The second-order valence-electron chi connectivity index (χ2n) is 4.47. The van der Waals surface area contributed by atoms with Crippen LogP contribution in [0.25, 0.3) is 15.7 Å². The lowest BCUT2D eigenvalue weighted by atomic mass is 10.1.